The van der Waals surface area contributed by atoms with E-state index in [0.29, 0.717) is 11.1 Å². The van der Waals surface area contributed by atoms with Crippen molar-refractivity contribution >= 4 is 10.1 Å². The van der Waals surface area contributed by atoms with Gasteiger partial charge in [0.2, 0.25) is 5.88 Å². The molecule has 0 amide bonds. The van der Waals surface area contributed by atoms with Crippen LogP contribution in [-0.4, -0.2) is 23.5 Å². The third kappa shape index (κ3) is 6.73. The molecule has 0 saturated heterocycles. The highest BCUT2D eigenvalue weighted by atomic mass is 32.2. The van der Waals surface area contributed by atoms with Gasteiger partial charge in [0.15, 0.2) is 17.4 Å². The highest BCUT2D eigenvalue weighted by molar-refractivity contribution is 7.87. The lowest BCUT2D eigenvalue weighted by atomic mass is 10.1. The van der Waals surface area contributed by atoms with Gasteiger partial charge >= 0.3 is 15.6 Å². The lowest BCUT2D eigenvalue weighted by Gasteiger charge is -2.19. The SMILES string of the molecule is CCc1c(OS(=O)(=O)C(F)(F)F)nc(-c2cccc(F)c2OCc2ccccc2)n(CCc2cccc(F)c2)c1=O. The molecule has 0 fully saturated rings. The monoisotopic (exact) mass is 594 g/mol. The van der Waals surface area contributed by atoms with Crippen molar-refractivity contribution in [2.45, 2.75) is 38.4 Å². The fourth-order valence-electron chi connectivity index (χ4n) is 4.00. The fraction of sp³-hybridized carbons (Fsp3) is 0.214. The van der Waals surface area contributed by atoms with E-state index in [0.717, 1.165) is 10.6 Å². The molecular formula is C28H23F5N2O5S. The van der Waals surface area contributed by atoms with Crippen LogP contribution in [0.5, 0.6) is 11.6 Å². The van der Waals surface area contributed by atoms with Gasteiger partial charge in [-0.15, -0.1) is 0 Å². The van der Waals surface area contributed by atoms with Crippen LogP contribution in [0.2, 0.25) is 0 Å². The van der Waals surface area contributed by atoms with Crippen LogP contribution >= 0.6 is 0 Å². The van der Waals surface area contributed by atoms with E-state index >= 15 is 4.39 Å². The maximum Gasteiger partial charge on any atom is 0.534 e. The number of benzene rings is 3. The molecule has 0 aliphatic carbocycles. The van der Waals surface area contributed by atoms with Crippen LogP contribution in [-0.2, 0) is 36.1 Å². The number of aromatic nitrogens is 2. The molecule has 7 nitrogen and oxygen atoms in total. The minimum atomic E-state index is -6.19. The Morgan fingerprint density at radius 1 is 0.927 bits per heavy atom. The predicted molar refractivity (Wildman–Crippen MR) is 140 cm³/mol. The van der Waals surface area contributed by atoms with Gasteiger partial charge in [-0.2, -0.15) is 26.6 Å². The number of halogens is 5. The Morgan fingerprint density at radius 3 is 2.27 bits per heavy atom. The lowest BCUT2D eigenvalue weighted by molar-refractivity contribution is -0.0501. The summed E-state index contributed by atoms with van der Waals surface area (Å²) in [6.45, 7) is 1.12. The third-order valence-corrected chi connectivity index (χ3v) is 6.94. The number of alkyl halides is 3. The van der Waals surface area contributed by atoms with Gasteiger partial charge in [0.25, 0.3) is 5.56 Å². The summed E-state index contributed by atoms with van der Waals surface area (Å²) in [6.07, 6.45) is -0.165. The maximum absolute atomic E-state index is 15.1. The van der Waals surface area contributed by atoms with E-state index in [1.165, 1.54) is 37.3 Å². The molecular weight excluding hydrogens is 571 g/mol. The molecule has 1 aromatic heterocycles. The van der Waals surface area contributed by atoms with Crippen LogP contribution in [0.25, 0.3) is 11.4 Å². The molecule has 4 rings (SSSR count). The van der Waals surface area contributed by atoms with Crippen molar-refractivity contribution in [3.05, 3.63) is 111 Å². The molecule has 41 heavy (non-hydrogen) atoms. The van der Waals surface area contributed by atoms with Crippen molar-refractivity contribution in [2.75, 3.05) is 0 Å². The number of nitrogens with zero attached hydrogens (tertiary/aromatic N) is 2. The first-order chi connectivity index (χ1) is 19.4. The van der Waals surface area contributed by atoms with Crippen LogP contribution < -0.4 is 14.5 Å². The molecule has 0 bridgehead atoms. The maximum atomic E-state index is 15.1. The minimum absolute atomic E-state index is 0.0755. The molecule has 4 aromatic rings. The van der Waals surface area contributed by atoms with Crippen molar-refractivity contribution in [1.82, 2.24) is 9.55 Å². The lowest BCUT2D eigenvalue weighted by Crippen LogP contribution is -2.32. The van der Waals surface area contributed by atoms with Gasteiger partial charge < -0.3 is 8.92 Å². The van der Waals surface area contributed by atoms with Gasteiger partial charge in [-0.1, -0.05) is 55.5 Å². The summed E-state index contributed by atoms with van der Waals surface area (Å²) in [5.74, 6) is -3.26. The quantitative estimate of drug-likeness (QED) is 0.131. The number of hydrogen-bond acceptors (Lipinski definition) is 6. The summed E-state index contributed by atoms with van der Waals surface area (Å²) in [4.78, 5) is 17.6. The summed E-state index contributed by atoms with van der Waals surface area (Å²) >= 11 is 0. The molecule has 216 valence electrons. The second-order valence-corrected chi connectivity index (χ2v) is 10.3. The second kappa shape index (κ2) is 12.1. The molecule has 13 heteroatoms. The van der Waals surface area contributed by atoms with Crippen molar-refractivity contribution in [3.63, 3.8) is 0 Å². The molecule has 0 aliphatic rings. The highest BCUT2D eigenvalue weighted by Crippen LogP contribution is 2.34. The Balaban J connectivity index is 1.89. The van der Waals surface area contributed by atoms with Crippen molar-refractivity contribution in [1.29, 1.82) is 0 Å². The van der Waals surface area contributed by atoms with Crippen LogP contribution in [0, 0.1) is 11.6 Å². The van der Waals surface area contributed by atoms with E-state index in [-0.39, 0.29) is 37.3 Å². The first-order valence-electron chi connectivity index (χ1n) is 12.3. The number of ether oxygens (including phenoxy) is 1. The number of hydrogen-bond donors (Lipinski definition) is 0. The van der Waals surface area contributed by atoms with Gasteiger partial charge in [0, 0.05) is 6.54 Å². The average Bonchev–Trinajstić information content (AvgIpc) is 2.91. The van der Waals surface area contributed by atoms with E-state index in [4.69, 9.17) is 4.74 Å². The number of para-hydroxylation sites is 1. The van der Waals surface area contributed by atoms with E-state index in [1.54, 1.807) is 36.4 Å². The van der Waals surface area contributed by atoms with E-state index in [2.05, 4.69) is 9.17 Å². The van der Waals surface area contributed by atoms with Crippen LogP contribution in [0.4, 0.5) is 22.0 Å². The average molecular weight is 595 g/mol. The zero-order chi connectivity index (χ0) is 29.8. The van der Waals surface area contributed by atoms with Crippen molar-refractivity contribution in [3.8, 4) is 23.0 Å². The molecule has 0 aliphatic heterocycles. The Labute approximate surface area is 231 Å². The minimum Gasteiger partial charge on any atom is -0.485 e. The topological polar surface area (TPSA) is 87.5 Å². The van der Waals surface area contributed by atoms with E-state index < -0.39 is 50.1 Å². The van der Waals surface area contributed by atoms with Gasteiger partial charge in [0.1, 0.15) is 12.4 Å². The Kier molecular flexibility index (Phi) is 8.76. The van der Waals surface area contributed by atoms with Crippen LogP contribution in [0.3, 0.4) is 0 Å². The Morgan fingerprint density at radius 2 is 1.61 bits per heavy atom. The third-order valence-electron chi connectivity index (χ3n) is 6.00. The van der Waals surface area contributed by atoms with Crippen molar-refractivity contribution in [2.24, 2.45) is 0 Å². The zero-order valence-electron chi connectivity index (χ0n) is 21.5. The summed E-state index contributed by atoms with van der Waals surface area (Å²) in [7, 11) is -6.19. The first kappa shape index (κ1) is 29.7. The van der Waals surface area contributed by atoms with Gasteiger partial charge in [-0.25, -0.2) is 8.78 Å². The Hall–Kier alpha value is -4.26. The summed E-state index contributed by atoms with van der Waals surface area (Å²) in [6, 6.07) is 17.9. The molecule has 0 atom stereocenters. The molecule has 3 aromatic carbocycles. The summed E-state index contributed by atoms with van der Waals surface area (Å²) < 4.78 is 103. The van der Waals surface area contributed by atoms with Gasteiger partial charge in [-0.05, 0) is 48.2 Å². The van der Waals surface area contributed by atoms with E-state index in [1.807, 2.05) is 0 Å². The normalized spacial score (nSPS) is 11.9. The number of rotatable bonds is 10. The molecule has 0 radical (unpaired) electrons. The Bertz CT molecular complexity index is 1710. The molecule has 0 saturated carbocycles. The van der Waals surface area contributed by atoms with Gasteiger partial charge in [0.05, 0.1) is 11.1 Å². The van der Waals surface area contributed by atoms with Crippen LogP contribution in [0.1, 0.15) is 23.6 Å². The van der Waals surface area contributed by atoms with Crippen LogP contribution in [0.15, 0.2) is 77.6 Å². The molecule has 0 N–H and O–H groups in total. The number of aryl methyl sites for hydroxylation is 1. The fourth-order valence-corrected chi connectivity index (χ4v) is 4.45. The zero-order valence-corrected chi connectivity index (χ0v) is 22.3. The van der Waals surface area contributed by atoms with Gasteiger partial charge in [-0.3, -0.25) is 9.36 Å². The predicted octanol–water partition coefficient (Wildman–Crippen LogP) is 5.80. The molecule has 0 unspecified atom stereocenters. The first-order valence-corrected chi connectivity index (χ1v) is 13.7. The largest absolute Gasteiger partial charge is 0.534 e. The second-order valence-electron chi connectivity index (χ2n) is 8.78. The smallest absolute Gasteiger partial charge is 0.485 e. The highest BCUT2D eigenvalue weighted by Gasteiger charge is 2.49. The standard InChI is InChI=1S/C28H23F5N2O5S/c1-2-21-26(40-41(37,38)28(31,32)33)34-25(35(27(21)36)15-14-18-10-6-11-20(29)16-18)22-12-7-13-23(30)24(22)39-17-19-8-4-3-5-9-19/h3-13,16H,2,14-15,17H2,1H3. The molecule has 0 spiro atoms. The molecule has 1 heterocycles. The summed E-state index contributed by atoms with van der Waals surface area (Å²) in [5.41, 5.74) is -6.16. The summed E-state index contributed by atoms with van der Waals surface area (Å²) in [5, 5.41) is 0. The van der Waals surface area contributed by atoms with Crippen molar-refractivity contribution < 1.29 is 39.3 Å². The van der Waals surface area contributed by atoms with E-state index in [9.17, 15) is 30.8 Å².